The van der Waals surface area contributed by atoms with Crippen molar-refractivity contribution in [2.45, 2.75) is 70.4 Å². The maximum absolute atomic E-state index is 15.4. The van der Waals surface area contributed by atoms with Gasteiger partial charge in [-0.3, -0.25) is 14.4 Å². The summed E-state index contributed by atoms with van der Waals surface area (Å²) in [4.78, 5) is 52.8. The van der Waals surface area contributed by atoms with E-state index in [0.717, 1.165) is 29.9 Å². The zero-order valence-corrected chi connectivity index (χ0v) is 31.6. The van der Waals surface area contributed by atoms with Gasteiger partial charge in [0.1, 0.15) is 11.6 Å². The number of likely N-dealkylation sites (tertiary alicyclic amines) is 1. The van der Waals surface area contributed by atoms with Crippen LogP contribution in [-0.2, 0) is 32.1 Å². The van der Waals surface area contributed by atoms with E-state index in [2.05, 4.69) is 38.8 Å². The summed E-state index contributed by atoms with van der Waals surface area (Å²) in [5.41, 5.74) is 1.31. The Morgan fingerprint density at radius 2 is 1.49 bits per heavy atom. The summed E-state index contributed by atoms with van der Waals surface area (Å²) in [5.74, 6) is -2.76. The zero-order chi connectivity index (χ0) is 37.9. The third-order valence-electron chi connectivity index (χ3n) is 11.9. The van der Waals surface area contributed by atoms with Gasteiger partial charge in [0.15, 0.2) is 0 Å². The molecule has 3 saturated heterocycles. The first-order valence-electron chi connectivity index (χ1n) is 19.0. The number of nitrogens with zero attached hydrogens (tertiary/aromatic N) is 4. The highest BCUT2D eigenvalue weighted by Gasteiger charge is 2.80. The number of fused-ring (bicyclic) bond motifs is 1. The van der Waals surface area contributed by atoms with Crippen molar-refractivity contribution in [3.63, 3.8) is 0 Å². The predicted octanol–water partition coefficient (Wildman–Crippen LogP) is 5.88. The summed E-state index contributed by atoms with van der Waals surface area (Å²) in [6, 6.07) is 25.5. The van der Waals surface area contributed by atoms with Crippen LogP contribution in [-0.4, -0.2) is 88.7 Å². The Balaban J connectivity index is 1.46. The highest BCUT2D eigenvalue weighted by atomic mass is 16.5. The second-order valence-electron chi connectivity index (χ2n) is 14.9. The second-order valence-corrected chi connectivity index (χ2v) is 14.9. The molecular formula is C44H54N4O5. The van der Waals surface area contributed by atoms with Crippen molar-refractivity contribution in [2.24, 2.45) is 17.8 Å². The van der Waals surface area contributed by atoms with Crippen molar-refractivity contribution < 1.29 is 24.2 Å². The maximum Gasteiger partial charge on any atom is 0.253 e. The maximum atomic E-state index is 15.4. The summed E-state index contributed by atoms with van der Waals surface area (Å²) in [7, 11) is 0. The van der Waals surface area contributed by atoms with Crippen molar-refractivity contribution in [1.82, 2.24) is 9.80 Å². The number of anilines is 2. The standard InChI is InChI=1S/C44H54N4O5/c1-7-25-46(29-33-19-15-12-16-20-33)40(50)37-38-41(51)48(36(30-49)27-32-17-13-11-14-18-32)39(44(38)28-31(5)43(37,6)53-44)42(52)47(26-8-2)35-23-21-34(22-24-35)45(9-3)10-4/h7-8,11-24,31,36-39,49H,1-2,9-10,25-30H2,3-6H3/t31?,36-,37-,38+,39?,43+,44?/m1/s1. The highest BCUT2D eigenvalue weighted by molar-refractivity contribution is 6.05. The fraction of sp³-hybridized carbons (Fsp3) is 0.432. The SMILES string of the molecule is C=CCN(Cc1ccccc1)C(=O)[C@H]1[C@H]2C(=O)N([C@@H](CO)Cc3ccccc3)C(C(=O)N(CC=C)c3ccc(N(CC)CC)cc3)C23CC(C)[C@]1(C)O3. The van der Waals surface area contributed by atoms with Crippen LogP contribution >= 0.6 is 0 Å². The van der Waals surface area contributed by atoms with Gasteiger partial charge >= 0.3 is 0 Å². The zero-order valence-electron chi connectivity index (χ0n) is 31.6. The van der Waals surface area contributed by atoms with E-state index in [1.54, 1.807) is 26.9 Å². The molecular weight excluding hydrogens is 665 g/mol. The highest BCUT2D eigenvalue weighted by Crippen LogP contribution is 2.66. The van der Waals surface area contributed by atoms with E-state index in [1.165, 1.54) is 0 Å². The molecule has 0 radical (unpaired) electrons. The number of carbonyl (C=O) groups excluding carboxylic acids is 3. The summed E-state index contributed by atoms with van der Waals surface area (Å²) < 4.78 is 7.12. The minimum absolute atomic E-state index is 0.138. The number of hydrogen-bond donors (Lipinski definition) is 1. The van der Waals surface area contributed by atoms with Crippen molar-refractivity contribution >= 4 is 29.1 Å². The molecule has 53 heavy (non-hydrogen) atoms. The van der Waals surface area contributed by atoms with Crippen LogP contribution < -0.4 is 9.80 Å². The number of benzene rings is 3. The van der Waals surface area contributed by atoms with Crippen LogP contribution in [0.1, 0.15) is 45.2 Å². The molecule has 1 N–H and O–H groups in total. The smallest absolute Gasteiger partial charge is 0.253 e. The van der Waals surface area contributed by atoms with Crippen LogP contribution in [0.25, 0.3) is 0 Å². The third-order valence-corrected chi connectivity index (χ3v) is 11.9. The van der Waals surface area contributed by atoms with E-state index in [9.17, 15) is 9.90 Å². The molecule has 3 aliphatic heterocycles. The van der Waals surface area contributed by atoms with Gasteiger partial charge in [-0.25, -0.2) is 0 Å². The lowest BCUT2D eigenvalue weighted by Gasteiger charge is -2.39. The fourth-order valence-corrected chi connectivity index (χ4v) is 9.28. The lowest BCUT2D eigenvalue weighted by atomic mass is 9.62. The molecule has 6 rings (SSSR count). The van der Waals surface area contributed by atoms with Gasteiger partial charge in [-0.05, 0) is 74.9 Å². The quantitative estimate of drug-likeness (QED) is 0.186. The predicted molar refractivity (Wildman–Crippen MR) is 209 cm³/mol. The third kappa shape index (κ3) is 6.70. The molecule has 7 atom stereocenters. The van der Waals surface area contributed by atoms with Crippen molar-refractivity contribution in [1.29, 1.82) is 0 Å². The van der Waals surface area contributed by atoms with E-state index < -0.39 is 35.1 Å². The first-order valence-corrected chi connectivity index (χ1v) is 19.0. The largest absolute Gasteiger partial charge is 0.394 e. The first-order chi connectivity index (χ1) is 25.6. The number of carbonyl (C=O) groups is 3. The molecule has 0 saturated carbocycles. The van der Waals surface area contributed by atoms with E-state index in [1.807, 2.05) is 91.9 Å². The molecule has 3 aromatic carbocycles. The van der Waals surface area contributed by atoms with E-state index in [0.29, 0.717) is 31.6 Å². The Kier molecular flexibility index (Phi) is 11.3. The average Bonchev–Trinajstić information content (AvgIpc) is 3.69. The minimum atomic E-state index is -1.29. The molecule has 3 unspecified atom stereocenters. The molecule has 3 heterocycles. The van der Waals surface area contributed by atoms with Crippen molar-refractivity contribution in [2.75, 3.05) is 42.6 Å². The van der Waals surface area contributed by atoms with Gasteiger partial charge < -0.3 is 29.4 Å². The van der Waals surface area contributed by atoms with Gasteiger partial charge in [-0.2, -0.15) is 0 Å². The van der Waals surface area contributed by atoms with Crippen LogP contribution in [0.4, 0.5) is 11.4 Å². The number of ether oxygens (including phenoxy) is 1. The lowest BCUT2D eigenvalue weighted by Crippen LogP contribution is -2.59. The Bertz CT molecular complexity index is 1780. The van der Waals surface area contributed by atoms with Gasteiger partial charge in [0.25, 0.3) is 5.91 Å². The van der Waals surface area contributed by atoms with Crippen LogP contribution in [0, 0.1) is 17.8 Å². The van der Waals surface area contributed by atoms with Gasteiger partial charge in [0.05, 0.1) is 30.1 Å². The minimum Gasteiger partial charge on any atom is -0.394 e. The first kappa shape index (κ1) is 38.0. The Labute approximate surface area is 314 Å². The molecule has 9 heteroatoms. The van der Waals surface area contributed by atoms with E-state index in [4.69, 9.17) is 4.74 Å². The number of amides is 3. The Morgan fingerprint density at radius 3 is 2.06 bits per heavy atom. The molecule has 0 aromatic heterocycles. The number of rotatable bonds is 16. The van der Waals surface area contributed by atoms with Crippen LogP contribution in [0.5, 0.6) is 0 Å². The molecule has 2 bridgehead atoms. The van der Waals surface area contributed by atoms with Crippen LogP contribution in [0.2, 0.25) is 0 Å². The van der Waals surface area contributed by atoms with Gasteiger partial charge in [0.2, 0.25) is 11.8 Å². The molecule has 3 fully saturated rings. The summed E-state index contributed by atoms with van der Waals surface area (Å²) in [6.45, 7) is 18.3. The molecule has 3 aliphatic rings. The van der Waals surface area contributed by atoms with Crippen LogP contribution in [0.15, 0.2) is 110 Å². The summed E-state index contributed by atoms with van der Waals surface area (Å²) in [5, 5.41) is 11.0. The summed E-state index contributed by atoms with van der Waals surface area (Å²) in [6.07, 6.45) is 4.13. The summed E-state index contributed by atoms with van der Waals surface area (Å²) >= 11 is 0. The van der Waals surface area contributed by atoms with Gasteiger partial charge in [-0.15, -0.1) is 13.2 Å². The molecule has 3 aromatic rings. The monoisotopic (exact) mass is 718 g/mol. The molecule has 3 amide bonds. The lowest BCUT2D eigenvalue weighted by molar-refractivity contribution is -0.154. The number of aliphatic hydroxyl groups is 1. The molecule has 9 nitrogen and oxygen atoms in total. The fourth-order valence-electron chi connectivity index (χ4n) is 9.28. The van der Waals surface area contributed by atoms with E-state index >= 15 is 9.59 Å². The number of hydrogen-bond acceptors (Lipinski definition) is 6. The number of aliphatic hydroxyl groups excluding tert-OH is 1. The van der Waals surface area contributed by atoms with Gasteiger partial charge in [-0.1, -0.05) is 79.7 Å². The normalized spacial score (nSPS) is 26.2. The second kappa shape index (κ2) is 15.7. The van der Waals surface area contributed by atoms with Gasteiger partial charge in [0, 0.05) is 44.1 Å². The van der Waals surface area contributed by atoms with E-state index in [-0.39, 0.29) is 36.8 Å². The molecule has 1 spiro atoms. The van der Waals surface area contributed by atoms with Crippen molar-refractivity contribution in [3.8, 4) is 0 Å². The Hall–Kier alpha value is -4.73. The van der Waals surface area contributed by atoms with Crippen molar-refractivity contribution in [3.05, 3.63) is 121 Å². The average molecular weight is 719 g/mol. The topological polar surface area (TPSA) is 93.6 Å². The molecule has 0 aliphatic carbocycles. The molecule has 280 valence electrons. The Morgan fingerprint density at radius 1 is 0.906 bits per heavy atom. The van der Waals surface area contributed by atoms with Crippen LogP contribution in [0.3, 0.4) is 0 Å².